The van der Waals surface area contributed by atoms with E-state index >= 15 is 0 Å². The highest BCUT2D eigenvalue weighted by Crippen LogP contribution is 2.26. The average molecular weight is 248 g/mol. The minimum absolute atomic E-state index is 0.311. The molecule has 16 heavy (non-hydrogen) atoms. The Balaban J connectivity index is 2.74. The maximum absolute atomic E-state index is 12.0. The highest BCUT2D eigenvalue weighted by molar-refractivity contribution is 7.99. The number of methoxy groups -OCH3 is 1. The Morgan fingerprint density at radius 2 is 1.94 bits per heavy atom. The van der Waals surface area contributed by atoms with Crippen molar-refractivity contribution in [3.63, 3.8) is 0 Å². The number of halogens is 2. The van der Waals surface area contributed by atoms with Gasteiger partial charge >= 0.3 is 5.97 Å². The van der Waals surface area contributed by atoms with Crippen molar-refractivity contribution < 1.29 is 23.4 Å². The van der Waals surface area contributed by atoms with E-state index in [1.807, 2.05) is 0 Å². The van der Waals surface area contributed by atoms with Crippen LogP contribution in [-0.2, 0) is 9.53 Å². The average Bonchev–Trinajstić information content (AvgIpc) is 2.27. The van der Waals surface area contributed by atoms with Crippen molar-refractivity contribution in [3.05, 3.63) is 29.8 Å². The van der Waals surface area contributed by atoms with E-state index in [1.54, 1.807) is 0 Å². The standard InChI is InChI=1S/C10H10F2O3S/c1-15-9(14)8(13)6-2-4-7(5-3-6)16-10(11)12/h2-5,8,10,13H,1H3. The van der Waals surface area contributed by atoms with Crippen LogP contribution in [0.15, 0.2) is 29.2 Å². The molecule has 0 aliphatic carbocycles. The Morgan fingerprint density at radius 1 is 1.38 bits per heavy atom. The Morgan fingerprint density at radius 3 is 2.38 bits per heavy atom. The number of carbonyl (C=O) groups excluding carboxylic acids is 1. The van der Waals surface area contributed by atoms with Gasteiger partial charge < -0.3 is 9.84 Å². The van der Waals surface area contributed by atoms with Gasteiger partial charge in [-0.05, 0) is 17.7 Å². The first-order chi connectivity index (χ1) is 7.54. The number of alkyl halides is 2. The third-order valence-corrected chi connectivity index (χ3v) is 2.57. The van der Waals surface area contributed by atoms with E-state index in [0.29, 0.717) is 22.2 Å². The Kier molecular flexibility index (Phi) is 4.70. The zero-order valence-corrected chi connectivity index (χ0v) is 9.21. The second-order valence-corrected chi connectivity index (χ2v) is 3.94. The fourth-order valence-corrected chi connectivity index (χ4v) is 1.58. The highest BCUT2D eigenvalue weighted by atomic mass is 32.2. The SMILES string of the molecule is COC(=O)C(O)c1ccc(SC(F)F)cc1. The summed E-state index contributed by atoms with van der Waals surface area (Å²) in [6.45, 7) is 0. The van der Waals surface area contributed by atoms with Crippen LogP contribution in [0.4, 0.5) is 8.78 Å². The van der Waals surface area contributed by atoms with E-state index in [9.17, 15) is 18.7 Å². The zero-order chi connectivity index (χ0) is 12.1. The maximum Gasteiger partial charge on any atom is 0.339 e. The largest absolute Gasteiger partial charge is 0.467 e. The lowest BCUT2D eigenvalue weighted by Gasteiger charge is -2.08. The van der Waals surface area contributed by atoms with Gasteiger partial charge in [-0.1, -0.05) is 23.9 Å². The summed E-state index contributed by atoms with van der Waals surface area (Å²) in [7, 11) is 1.16. The molecule has 1 N–H and O–H groups in total. The molecule has 0 aliphatic rings. The Hall–Kier alpha value is -1.14. The van der Waals surface area contributed by atoms with Gasteiger partial charge in [0.25, 0.3) is 5.76 Å². The van der Waals surface area contributed by atoms with Gasteiger partial charge in [0, 0.05) is 4.90 Å². The molecule has 88 valence electrons. The normalized spacial score (nSPS) is 12.6. The molecule has 0 saturated heterocycles. The van der Waals surface area contributed by atoms with Gasteiger partial charge in [-0.15, -0.1) is 0 Å². The second kappa shape index (κ2) is 5.81. The predicted molar refractivity (Wildman–Crippen MR) is 55.3 cm³/mol. The zero-order valence-electron chi connectivity index (χ0n) is 8.39. The molecule has 0 aliphatic heterocycles. The van der Waals surface area contributed by atoms with Crippen LogP contribution in [0.3, 0.4) is 0 Å². The molecule has 6 heteroatoms. The molecule has 0 radical (unpaired) electrons. The topological polar surface area (TPSA) is 46.5 Å². The number of aliphatic hydroxyl groups is 1. The predicted octanol–water partition coefficient (Wildman–Crippen LogP) is 2.21. The van der Waals surface area contributed by atoms with E-state index in [-0.39, 0.29) is 0 Å². The van der Waals surface area contributed by atoms with Crippen molar-refractivity contribution in [1.82, 2.24) is 0 Å². The molecule has 0 spiro atoms. The number of esters is 1. The van der Waals surface area contributed by atoms with Crippen LogP contribution < -0.4 is 0 Å². The van der Waals surface area contributed by atoms with Crippen molar-refractivity contribution in [2.75, 3.05) is 7.11 Å². The van der Waals surface area contributed by atoms with Gasteiger partial charge in [0.1, 0.15) is 0 Å². The summed E-state index contributed by atoms with van der Waals surface area (Å²) in [5.74, 6) is -3.27. The van der Waals surface area contributed by atoms with Gasteiger partial charge in [0.05, 0.1) is 7.11 Å². The summed E-state index contributed by atoms with van der Waals surface area (Å²) < 4.78 is 28.4. The van der Waals surface area contributed by atoms with E-state index in [4.69, 9.17) is 0 Å². The summed E-state index contributed by atoms with van der Waals surface area (Å²) in [5.41, 5.74) is 0.311. The van der Waals surface area contributed by atoms with Crippen LogP contribution in [-0.4, -0.2) is 23.9 Å². The van der Waals surface area contributed by atoms with Crippen LogP contribution in [0.2, 0.25) is 0 Å². The summed E-state index contributed by atoms with van der Waals surface area (Å²) in [4.78, 5) is 11.3. The highest BCUT2D eigenvalue weighted by Gasteiger charge is 2.17. The molecule has 1 rings (SSSR count). The third-order valence-electron chi connectivity index (χ3n) is 1.85. The molecular weight excluding hydrogens is 238 g/mol. The van der Waals surface area contributed by atoms with Crippen molar-refractivity contribution in [2.24, 2.45) is 0 Å². The van der Waals surface area contributed by atoms with Crippen LogP contribution >= 0.6 is 11.8 Å². The number of hydrogen-bond donors (Lipinski definition) is 1. The first kappa shape index (κ1) is 12.9. The second-order valence-electron chi connectivity index (χ2n) is 2.87. The molecule has 0 aromatic heterocycles. The van der Waals surface area contributed by atoms with Crippen LogP contribution in [0.25, 0.3) is 0 Å². The van der Waals surface area contributed by atoms with E-state index in [0.717, 1.165) is 7.11 Å². The number of hydrogen-bond acceptors (Lipinski definition) is 4. The molecule has 0 amide bonds. The number of aliphatic hydroxyl groups excluding tert-OH is 1. The van der Waals surface area contributed by atoms with Crippen molar-refractivity contribution in [2.45, 2.75) is 16.8 Å². The molecule has 0 fully saturated rings. The summed E-state index contributed by atoms with van der Waals surface area (Å²) in [6, 6.07) is 5.65. The number of ether oxygens (including phenoxy) is 1. The molecule has 3 nitrogen and oxygen atoms in total. The van der Waals surface area contributed by atoms with E-state index in [2.05, 4.69) is 4.74 Å². The van der Waals surface area contributed by atoms with Crippen molar-refractivity contribution in [1.29, 1.82) is 0 Å². The summed E-state index contributed by atoms with van der Waals surface area (Å²) in [6.07, 6.45) is -1.38. The molecule has 1 unspecified atom stereocenters. The lowest BCUT2D eigenvalue weighted by molar-refractivity contribution is -0.150. The Bertz CT molecular complexity index is 354. The number of benzene rings is 1. The van der Waals surface area contributed by atoms with Crippen molar-refractivity contribution >= 4 is 17.7 Å². The number of rotatable bonds is 4. The lowest BCUT2D eigenvalue weighted by Crippen LogP contribution is -2.13. The summed E-state index contributed by atoms with van der Waals surface area (Å²) >= 11 is 0.402. The van der Waals surface area contributed by atoms with Gasteiger partial charge in [-0.3, -0.25) is 0 Å². The summed E-state index contributed by atoms with van der Waals surface area (Å²) in [5, 5.41) is 9.43. The maximum atomic E-state index is 12.0. The van der Waals surface area contributed by atoms with Crippen LogP contribution in [0, 0.1) is 0 Å². The van der Waals surface area contributed by atoms with Crippen LogP contribution in [0.1, 0.15) is 11.7 Å². The third kappa shape index (κ3) is 3.46. The van der Waals surface area contributed by atoms with E-state index in [1.165, 1.54) is 24.3 Å². The first-order valence-corrected chi connectivity index (χ1v) is 5.23. The molecular formula is C10H10F2O3S. The van der Waals surface area contributed by atoms with Gasteiger partial charge in [-0.2, -0.15) is 8.78 Å². The van der Waals surface area contributed by atoms with Gasteiger partial charge in [0.15, 0.2) is 6.10 Å². The molecule has 0 saturated carbocycles. The number of thioether (sulfide) groups is 1. The van der Waals surface area contributed by atoms with Gasteiger partial charge in [0.2, 0.25) is 0 Å². The molecule has 1 atom stereocenters. The van der Waals surface area contributed by atoms with Crippen LogP contribution in [0.5, 0.6) is 0 Å². The van der Waals surface area contributed by atoms with E-state index < -0.39 is 17.8 Å². The fourth-order valence-electron chi connectivity index (χ4n) is 1.08. The molecule has 0 bridgehead atoms. The minimum atomic E-state index is -2.49. The smallest absolute Gasteiger partial charge is 0.339 e. The molecule has 1 aromatic carbocycles. The fraction of sp³-hybridized carbons (Fsp3) is 0.300. The molecule has 0 heterocycles. The van der Waals surface area contributed by atoms with Crippen molar-refractivity contribution in [3.8, 4) is 0 Å². The number of carbonyl (C=O) groups is 1. The monoisotopic (exact) mass is 248 g/mol. The minimum Gasteiger partial charge on any atom is -0.467 e. The lowest BCUT2D eigenvalue weighted by atomic mass is 10.1. The quantitative estimate of drug-likeness (QED) is 0.655. The first-order valence-electron chi connectivity index (χ1n) is 4.35. The molecule has 1 aromatic rings. The Labute approximate surface area is 95.4 Å². The van der Waals surface area contributed by atoms with Gasteiger partial charge in [-0.25, -0.2) is 4.79 Å².